The van der Waals surface area contributed by atoms with Gasteiger partial charge in [-0.15, -0.1) is 0 Å². The van der Waals surface area contributed by atoms with Crippen molar-refractivity contribution in [2.75, 3.05) is 26.1 Å². The molecule has 0 fully saturated rings. The minimum atomic E-state index is 0.468. The molecule has 4 rings (SSSR count). The van der Waals surface area contributed by atoms with Crippen LogP contribution in [0.2, 0.25) is 0 Å². The van der Waals surface area contributed by atoms with Crippen LogP contribution in [-0.2, 0) is 12.8 Å². The Labute approximate surface area is 115 Å². The highest BCUT2D eigenvalue weighted by Crippen LogP contribution is 2.52. The molecule has 2 aliphatic heterocycles. The molecule has 0 saturated carbocycles. The number of nitrogen functional groups attached to an aromatic ring is 1. The van der Waals surface area contributed by atoms with Crippen molar-refractivity contribution in [2.45, 2.75) is 12.8 Å². The lowest BCUT2D eigenvalue weighted by Crippen LogP contribution is -1.96. The molecule has 2 aromatic rings. The zero-order valence-electron chi connectivity index (χ0n) is 11.2. The van der Waals surface area contributed by atoms with Crippen molar-refractivity contribution in [2.24, 2.45) is 0 Å². The summed E-state index contributed by atoms with van der Waals surface area (Å²) < 4.78 is 17.1. The van der Waals surface area contributed by atoms with Gasteiger partial charge in [0.2, 0.25) is 0 Å². The number of rotatable bonds is 2. The standard InChI is InChI=1S/C14H15N3O3/c1-18-13-8-3-5-19-12(8)11(7-2-4-20-14(7)13)9-6-10(15)17-16-9/h6H,2-5H2,1H3,(H3,15,16,17). The van der Waals surface area contributed by atoms with Crippen molar-refractivity contribution in [3.63, 3.8) is 0 Å². The molecular weight excluding hydrogens is 258 g/mol. The van der Waals surface area contributed by atoms with E-state index in [0.717, 1.165) is 52.5 Å². The molecule has 0 radical (unpaired) electrons. The summed E-state index contributed by atoms with van der Waals surface area (Å²) >= 11 is 0. The molecule has 0 spiro atoms. The summed E-state index contributed by atoms with van der Waals surface area (Å²) in [4.78, 5) is 0. The third kappa shape index (κ3) is 1.41. The second kappa shape index (κ2) is 4.06. The van der Waals surface area contributed by atoms with E-state index in [9.17, 15) is 0 Å². The van der Waals surface area contributed by atoms with E-state index in [1.54, 1.807) is 7.11 Å². The normalized spacial score (nSPS) is 15.4. The summed E-state index contributed by atoms with van der Waals surface area (Å²) in [6.45, 7) is 1.32. The van der Waals surface area contributed by atoms with Crippen molar-refractivity contribution in [1.29, 1.82) is 0 Å². The summed E-state index contributed by atoms with van der Waals surface area (Å²) in [5.41, 5.74) is 9.77. The fourth-order valence-corrected chi connectivity index (χ4v) is 3.03. The van der Waals surface area contributed by atoms with E-state index < -0.39 is 0 Å². The predicted octanol–water partition coefficient (Wildman–Crippen LogP) is 1.54. The molecule has 104 valence electrons. The van der Waals surface area contributed by atoms with Crippen LogP contribution in [0, 0.1) is 0 Å². The number of nitrogens with one attached hydrogen (secondary N) is 1. The first-order valence-corrected chi connectivity index (χ1v) is 6.62. The van der Waals surface area contributed by atoms with Crippen LogP contribution in [0.25, 0.3) is 11.3 Å². The summed E-state index contributed by atoms with van der Waals surface area (Å²) in [5, 5.41) is 6.98. The predicted molar refractivity (Wildman–Crippen MR) is 73.4 cm³/mol. The molecule has 1 aromatic carbocycles. The Bertz CT molecular complexity index is 658. The molecule has 0 unspecified atom stereocenters. The highest BCUT2D eigenvalue weighted by Gasteiger charge is 2.33. The number of methoxy groups -OCH3 is 1. The van der Waals surface area contributed by atoms with Gasteiger partial charge in [-0.05, 0) is 0 Å². The number of aromatic nitrogens is 2. The third-order valence-corrected chi connectivity index (χ3v) is 3.83. The van der Waals surface area contributed by atoms with E-state index in [0.29, 0.717) is 19.0 Å². The topological polar surface area (TPSA) is 82.4 Å². The fraction of sp³-hybridized carbons (Fsp3) is 0.357. The van der Waals surface area contributed by atoms with Gasteiger partial charge in [0, 0.05) is 35.6 Å². The van der Waals surface area contributed by atoms with Gasteiger partial charge in [0.05, 0.1) is 26.0 Å². The molecule has 3 N–H and O–H groups in total. The number of hydrogen-bond acceptors (Lipinski definition) is 5. The highest BCUT2D eigenvalue weighted by atomic mass is 16.5. The maximum atomic E-state index is 5.84. The maximum absolute atomic E-state index is 5.84. The summed E-state index contributed by atoms with van der Waals surface area (Å²) in [5.74, 6) is 2.98. The second-order valence-electron chi connectivity index (χ2n) is 4.93. The molecule has 0 aliphatic carbocycles. The smallest absolute Gasteiger partial charge is 0.168 e. The van der Waals surface area contributed by atoms with Crippen molar-refractivity contribution in [1.82, 2.24) is 10.2 Å². The summed E-state index contributed by atoms with van der Waals surface area (Å²) in [6, 6.07) is 1.82. The van der Waals surface area contributed by atoms with E-state index >= 15 is 0 Å². The largest absolute Gasteiger partial charge is 0.492 e. The van der Waals surface area contributed by atoms with Crippen molar-refractivity contribution >= 4 is 5.82 Å². The third-order valence-electron chi connectivity index (χ3n) is 3.83. The molecule has 20 heavy (non-hydrogen) atoms. The molecule has 0 bridgehead atoms. The zero-order chi connectivity index (χ0) is 13.7. The van der Waals surface area contributed by atoms with Gasteiger partial charge < -0.3 is 19.9 Å². The monoisotopic (exact) mass is 273 g/mol. The first kappa shape index (κ1) is 11.5. The van der Waals surface area contributed by atoms with Crippen LogP contribution < -0.4 is 19.9 Å². The molecule has 3 heterocycles. The summed E-state index contributed by atoms with van der Waals surface area (Å²) in [7, 11) is 1.67. The number of ether oxygens (including phenoxy) is 3. The molecular formula is C14H15N3O3. The van der Waals surface area contributed by atoms with Gasteiger partial charge in [-0.3, -0.25) is 5.10 Å². The van der Waals surface area contributed by atoms with Crippen LogP contribution in [0.3, 0.4) is 0 Å². The van der Waals surface area contributed by atoms with Crippen molar-refractivity contribution < 1.29 is 14.2 Å². The van der Waals surface area contributed by atoms with Crippen LogP contribution in [0.5, 0.6) is 17.2 Å². The first-order valence-electron chi connectivity index (χ1n) is 6.62. The van der Waals surface area contributed by atoms with Crippen LogP contribution in [0.15, 0.2) is 6.07 Å². The average molecular weight is 273 g/mol. The van der Waals surface area contributed by atoms with Gasteiger partial charge in [0.15, 0.2) is 11.5 Å². The van der Waals surface area contributed by atoms with Gasteiger partial charge in [-0.1, -0.05) is 0 Å². The lowest BCUT2D eigenvalue weighted by molar-refractivity contribution is 0.324. The number of H-pyrrole nitrogens is 1. The van der Waals surface area contributed by atoms with E-state index in [1.807, 2.05) is 6.07 Å². The number of anilines is 1. The minimum absolute atomic E-state index is 0.468. The molecule has 0 atom stereocenters. The Kier molecular flexibility index (Phi) is 2.33. The van der Waals surface area contributed by atoms with Gasteiger partial charge in [-0.2, -0.15) is 5.10 Å². The molecule has 0 saturated heterocycles. The highest BCUT2D eigenvalue weighted by molar-refractivity contribution is 5.81. The minimum Gasteiger partial charge on any atom is -0.492 e. The van der Waals surface area contributed by atoms with Crippen LogP contribution in [0.4, 0.5) is 5.82 Å². The molecule has 0 amide bonds. The van der Waals surface area contributed by atoms with Crippen LogP contribution >= 0.6 is 0 Å². The Morgan fingerprint density at radius 3 is 2.65 bits per heavy atom. The van der Waals surface area contributed by atoms with E-state index in [1.165, 1.54) is 0 Å². The average Bonchev–Trinajstić information content (AvgIpc) is 3.15. The lowest BCUT2D eigenvalue weighted by atomic mass is 9.96. The molecule has 2 aliphatic rings. The Morgan fingerprint density at radius 1 is 1.20 bits per heavy atom. The molecule has 6 nitrogen and oxygen atoms in total. The van der Waals surface area contributed by atoms with E-state index in [2.05, 4.69) is 10.2 Å². The number of aromatic amines is 1. The Balaban J connectivity index is 2.04. The van der Waals surface area contributed by atoms with E-state index in [-0.39, 0.29) is 0 Å². The van der Waals surface area contributed by atoms with Crippen LogP contribution in [-0.4, -0.2) is 30.5 Å². The van der Waals surface area contributed by atoms with Gasteiger partial charge in [0.25, 0.3) is 0 Å². The fourth-order valence-electron chi connectivity index (χ4n) is 3.03. The zero-order valence-corrected chi connectivity index (χ0v) is 11.2. The molecule has 6 heteroatoms. The number of benzene rings is 1. The summed E-state index contributed by atoms with van der Waals surface area (Å²) in [6.07, 6.45) is 1.66. The van der Waals surface area contributed by atoms with Gasteiger partial charge in [0.1, 0.15) is 11.6 Å². The number of fused-ring (bicyclic) bond motifs is 2. The van der Waals surface area contributed by atoms with Crippen molar-refractivity contribution in [3.8, 4) is 28.5 Å². The van der Waals surface area contributed by atoms with Crippen LogP contribution in [0.1, 0.15) is 11.1 Å². The quantitative estimate of drug-likeness (QED) is 0.867. The number of nitrogens with two attached hydrogens (primary N) is 1. The SMILES string of the molecule is COc1c2c(c(-c3cc(N)n[nH]3)c3c1OCC3)OCC2. The number of nitrogens with zero attached hydrogens (tertiary/aromatic N) is 1. The van der Waals surface area contributed by atoms with Gasteiger partial charge >= 0.3 is 0 Å². The Hall–Kier alpha value is -2.37. The number of hydrogen-bond donors (Lipinski definition) is 2. The van der Waals surface area contributed by atoms with E-state index in [4.69, 9.17) is 19.9 Å². The lowest BCUT2D eigenvalue weighted by Gasteiger charge is -2.15. The first-order chi connectivity index (χ1) is 9.79. The maximum Gasteiger partial charge on any atom is 0.168 e. The Morgan fingerprint density at radius 2 is 1.95 bits per heavy atom. The van der Waals surface area contributed by atoms with Gasteiger partial charge in [-0.25, -0.2) is 0 Å². The second-order valence-corrected chi connectivity index (χ2v) is 4.93. The van der Waals surface area contributed by atoms with Crippen molar-refractivity contribution in [3.05, 3.63) is 17.2 Å². The molecule has 1 aromatic heterocycles.